The van der Waals surface area contributed by atoms with Crippen LogP contribution < -0.4 is 5.32 Å². The SMILES string of the molecule is O=C(Nc1ccc(Cl)cc1)OCCN1CCOC(c2cccc(C(F)(F)F)c2)C1. The first-order valence-corrected chi connectivity index (χ1v) is 9.39. The van der Waals surface area contributed by atoms with E-state index in [0.717, 1.165) is 12.1 Å². The van der Waals surface area contributed by atoms with Crippen molar-refractivity contribution in [1.29, 1.82) is 0 Å². The average molecular weight is 429 g/mol. The molecule has 0 bridgehead atoms. The summed E-state index contributed by atoms with van der Waals surface area (Å²) in [5.74, 6) is 0. The number of hydrogen-bond donors (Lipinski definition) is 1. The highest BCUT2D eigenvalue weighted by Crippen LogP contribution is 2.32. The Labute approximate surface area is 171 Å². The number of carbonyl (C=O) groups is 1. The van der Waals surface area contributed by atoms with Crippen molar-refractivity contribution in [2.45, 2.75) is 12.3 Å². The molecule has 0 saturated carbocycles. The molecular formula is C20H20ClF3N2O3. The molecule has 5 nitrogen and oxygen atoms in total. The lowest BCUT2D eigenvalue weighted by Gasteiger charge is -2.33. The van der Waals surface area contributed by atoms with E-state index < -0.39 is 23.9 Å². The minimum absolute atomic E-state index is 0.148. The molecule has 2 aromatic carbocycles. The van der Waals surface area contributed by atoms with Gasteiger partial charge in [-0.2, -0.15) is 13.2 Å². The van der Waals surface area contributed by atoms with Crippen molar-refractivity contribution in [2.75, 3.05) is 38.2 Å². The second-order valence-corrected chi connectivity index (χ2v) is 6.99. The van der Waals surface area contributed by atoms with Crippen LogP contribution in [0.15, 0.2) is 48.5 Å². The van der Waals surface area contributed by atoms with Gasteiger partial charge in [0.05, 0.1) is 18.3 Å². The molecule has 1 amide bonds. The lowest BCUT2D eigenvalue weighted by atomic mass is 10.0. The van der Waals surface area contributed by atoms with E-state index in [1.54, 1.807) is 30.3 Å². The van der Waals surface area contributed by atoms with Crippen LogP contribution in [0.3, 0.4) is 0 Å². The maximum Gasteiger partial charge on any atom is 0.416 e. The summed E-state index contributed by atoms with van der Waals surface area (Å²) < 4.78 is 49.6. The Bertz CT molecular complexity index is 830. The second-order valence-electron chi connectivity index (χ2n) is 6.55. The number of anilines is 1. The van der Waals surface area contributed by atoms with Gasteiger partial charge >= 0.3 is 12.3 Å². The van der Waals surface area contributed by atoms with E-state index in [1.165, 1.54) is 6.07 Å². The van der Waals surface area contributed by atoms with Crippen LogP contribution in [-0.2, 0) is 15.7 Å². The Hall–Kier alpha value is -2.29. The molecule has 1 N–H and O–H groups in total. The number of alkyl halides is 3. The van der Waals surface area contributed by atoms with Crippen LogP contribution in [0.1, 0.15) is 17.2 Å². The van der Waals surface area contributed by atoms with E-state index in [1.807, 2.05) is 4.90 Å². The number of carbonyl (C=O) groups excluding carboxylic acids is 1. The van der Waals surface area contributed by atoms with Crippen molar-refractivity contribution < 1.29 is 27.4 Å². The Morgan fingerprint density at radius 1 is 1.24 bits per heavy atom. The van der Waals surface area contributed by atoms with Gasteiger partial charge in [-0.3, -0.25) is 10.2 Å². The molecule has 1 aliphatic rings. The molecular weight excluding hydrogens is 409 g/mol. The van der Waals surface area contributed by atoms with Crippen LogP contribution in [-0.4, -0.2) is 43.8 Å². The number of hydrogen-bond acceptors (Lipinski definition) is 4. The Morgan fingerprint density at radius 2 is 2.00 bits per heavy atom. The zero-order valence-electron chi connectivity index (χ0n) is 15.4. The Balaban J connectivity index is 1.47. The number of benzene rings is 2. The van der Waals surface area contributed by atoms with Crippen LogP contribution >= 0.6 is 11.6 Å². The fourth-order valence-electron chi connectivity index (χ4n) is 2.98. The van der Waals surface area contributed by atoms with Gasteiger partial charge in [-0.05, 0) is 42.0 Å². The molecule has 1 fully saturated rings. The molecule has 2 aromatic rings. The van der Waals surface area contributed by atoms with Gasteiger partial charge < -0.3 is 9.47 Å². The summed E-state index contributed by atoms with van der Waals surface area (Å²) in [4.78, 5) is 13.8. The standard InChI is InChI=1S/C20H20ClF3N2O3/c21-16-4-6-17(7-5-16)25-19(27)29-11-9-26-8-10-28-18(13-26)14-2-1-3-15(12-14)20(22,23)24/h1-7,12,18H,8-11,13H2,(H,25,27). The second kappa shape index (κ2) is 9.47. The molecule has 1 atom stereocenters. The molecule has 29 heavy (non-hydrogen) atoms. The van der Waals surface area contributed by atoms with Crippen LogP contribution in [0, 0.1) is 0 Å². The summed E-state index contributed by atoms with van der Waals surface area (Å²) in [6.07, 6.45) is -5.45. The van der Waals surface area contributed by atoms with Crippen LogP contribution in [0.2, 0.25) is 5.02 Å². The van der Waals surface area contributed by atoms with Gasteiger partial charge in [0.2, 0.25) is 0 Å². The van der Waals surface area contributed by atoms with E-state index in [0.29, 0.717) is 42.5 Å². The predicted molar refractivity (Wildman–Crippen MR) is 103 cm³/mol. The van der Waals surface area contributed by atoms with E-state index >= 15 is 0 Å². The molecule has 0 aliphatic carbocycles. The highest BCUT2D eigenvalue weighted by molar-refractivity contribution is 6.30. The third kappa shape index (κ3) is 6.35. The first-order valence-electron chi connectivity index (χ1n) is 9.02. The quantitative estimate of drug-likeness (QED) is 0.729. The average Bonchev–Trinajstić information content (AvgIpc) is 2.69. The lowest BCUT2D eigenvalue weighted by molar-refractivity contribution is -0.137. The van der Waals surface area contributed by atoms with Crippen LogP contribution in [0.25, 0.3) is 0 Å². The number of nitrogens with one attached hydrogen (secondary N) is 1. The number of morpholine rings is 1. The van der Waals surface area contributed by atoms with E-state index in [-0.39, 0.29) is 6.61 Å². The number of ether oxygens (including phenoxy) is 2. The molecule has 0 radical (unpaired) electrons. The smallest absolute Gasteiger partial charge is 0.416 e. The van der Waals surface area contributed by atoms with Gasteiger partial charge in [-0.1, -0.05) is 23.7 Å². The van der Waals surface area contributed by atoms with Gasteiger partial charge in [-0.15, -0.1) is 0 Å². The van der Waals surface area contributed by atoms with E-state index in [4.69, 9.17) is 21.1 Å². The summed E-state index contributed by atoms with van der Waals surface area (Å²) in [5, 5.41) is 3.15. The summed E-state index contributed by atoms with van der Waals surface area (Å²) >= 11 is 5.79. The van der Waals surface area contributed by atoms with Crippen LogP contribution in [0.4, 0.5) is 23.7 Å². The van der Waals surface area contributed by atoms with E-state index in [9.17, 15) is 18.0 Å². The van der Waals surface area contributed by atoms with Crippen molar-refractivity contribution in [3.8, 4) is 0 Å². The Morgan fingerprint density at radius 3 is 2.72 bits per heavy atom. The minimum Gasteiger partial charge on any atom is -0.448 e. The van der Waals surface area contributed by atoms with Crippen molar-refractivity contribution >= 4 is 23.4 Å². The van der Waals surface area contributed by atoms with Gasteiger partial charge in [0.25, 0.3) is 0 Å². The first-order chi connectivity index (χ1) is 13.8. The topological polar surface area (TPSA) is 50.8 Å². The number of rotatable bonds is 5. The molecule has 1 aliphatic heterocycles. The number of nitrogens with zero attached hydrogens (tertiary/aromatic N) is 1. The van der Waals surface area contributed by atoms with Crippen molar-refractivity contribution in [1.82, 2.24) is 4.90 Å². The minimum atomic E-state index is -4.39. The highest BCUT2D eigenvalue weighted by atomic mass is 35.5. The summed E-state index contributed by atoms with van der Waals surface area (Å²) in [7, 11) is 0. The lowest BCUT2D eigenvalue weighted by Crippen LogP contribution is -2.40. The fourth-order valence-corrected chi connectivity index (χ4v) is 3.10. The van der Waals surface area contributed by atoms with Crippen LogP contribution in [0.5, 0.6) is 0 Å². The third-order valence-electron chi connectivity index (χ3n) is 4.47. The fraction of sp³-hybridized carbons (Fsp3) is 0.350. The molecule has 0 aromatic heterocycles. The third-order valence-corrected chi connectivity index (χ3v) is 4.72. The molecule has 9 heteroatoms. The number of halogens is 4. The Kier molecular flexibility index (Phi) is 7.00. The molecule has 156 valence electrons. The van der Waals surface area contributed by atoms with Gasteiger partial charge in [-0.25, -0.2) is 4.79 Å². The largest absolute Gasteiger partial charge is 0.448 e. The molecule has 1 heterocycles. The van der Waals surface area contributed by atoms with Crippen molar-refractivity contribution in [2.24, 2.45) is 0 Å². The monoisotopic (exact) mass is 428 g/mol. The normalized spacial score (nSPS) is 17.7. The van der Waals surface area contributed by atoms with Gasteiger partial charge in [0.1, 0.15) is 6.61 Å². The summed E-state index contributed by atoms with van der Waals surface area (Å²) in [6.45, 7) is 2.01. The van der Waals surface area contributed by atoms with Gasteiger partial charge in [0.15, 0.2) is 0 Å². The van der Waals surface area contributed by atoms with Crippen molar-refractivity contribution in [3.05, 3.63) is 64.7 Å². The maximum absolute atomic E-state index is 12.9. The van der Waals surface area contributed by atoms with E-state index in [2.05, 4.69) is 5.32 Å². The van der Waals surface area contributed by atoms with Crippen molar-refractivity contribution in [3.63, 3.8) is 0 Å². The highest BCUT2D eigenvalue weighted by Gasteiger charge is 2.31. The maximum atomic E-state index is 12.9. The summed E-state index contributed by atoms with van der Waals surface area (Å²) in [5.41, 5.74) is 0.347. The zero-order chi connectivity index (χ0) is 20.9. The van der Waals surface area contributed by atoms with Gasteiger partial charge in [0, 0.05) is 30.3 Å². The molecule has 3 rings (SSSR count). The summed E-state index contributed by atoms with van der Waals surface area (Å²) in [6, 6.07) is 11.8. The number of amides is 1. The molecule has 1 unspecified atom stereocenters. The predicted octanol–water partition coefficient (Wildman–Crippen LogP) is 4.98. The molecule has 0 spiro atoms. The first kappa shape index (κ1) is 21.4. The molecule has 1 saturated heterocycles. The zero-order valence-corrected chi connectivity index (χ0v) is 16.2.